The Balaban J connectivity index is 2.10. The Kier molecular flexibility index (Phi) is 5.84. The van der Waals surface area contributed by atoms with Gasteiger partial charge in [0.05, 0.1) is 33.0 Å². The van der Waals surface area contributed by atoms with E-state index in [1.807, 2.05) is 30.3 Å². The van der Waals surface area contributed by atoms with Crippen molar-refractivity contribution in [1.29, 1.82) is 5.26 Å². The number of rotatable bonds is 7. The summed E-state index contributed by atoms with van der Waals surface area (Å²) in [6.45, 7) is 1.27. The molecule has 2 aromatic rings. The molecular weight excluding hydrogens is 292 g/mol. The Labute approximate surface area is 136 Å². The van der Waals surface area contributed by atoms with Gasteiger partial charge in [-0.1, -0.05) is 18.2 Å². The minimum absolute atomic E-state index is 0.584. The quantitative estimate of drug-likeness (QED) is 0.851. The SMILES string of the molecule is COc1ccc(CNCc2cccc(C#N)c2)c(OC)c1OC. The van der Waals surface area contributed by atoms with Crippen LogP contribution < -0.4 is 19.5 Å². The molecule has 0 spiro atoms. The minimum Gasteiger partial charge on any atom is -0.493 e. The first-order chi connectivity index (χ1) is 11.2. The van der Waals surface area contributed by atoms with Crippen LogP contribution in [0.3, 0.4) is 0 Å². The van der Waals surface area contributed by atoms with Gasteiger partial charge in [-0.05, 0) is 23.8 Å². The van der Waals surface area contributed by atoms with Crippen molar-refractivity contribution in [3.8, 4) is 23.3 Å². The van der Waals surface area contributed by atoms with Crippen LogP contribution in [0.25, 0.3) is 0 Å². The lowest BCUT2D eigenvalue weighted by molar-refractivity contribution is 0.321. The second kappa shape index (κ2) is 8.06. The summed E-state index contributed by atoms with van der Waals surface area (Å²) in [6.07, 6.45) is 0. The highest BCUT2D eigenvalue weighted by atomic mass is 16.5. The maximum atomic E-state index is 8.93. The number of hydrogen-bond donors (Lipinski definition) is 1. The van der Waals surface area contributed by atoms with Gasteiger partial charge < -0.3 is 19.5 Å². The number of nitriles is 1. The number of nitrogens with one attached hydrogen (secondary N) is 1. The largest absolute Gasteiger partial charge is 0.493 e. The lowest BCUT2D eigenvalue weighted by atomic mass is 10.1. The third-order valence-electron chi connectivity index (χ3n) is 3.49. The van der Waals surface area contributed by atoms with E-state index in [0.717, 1.165) is 11.1 Å². The van der Waals surface area contributed by atoms with Gasteiger partial charge in [-0.2, -0.15) is 5.26 Å². The molecule has 120 valence electrons. The molecule has 0 aromatic heterocycles. The van der Waals surface area contributed by atoms with E-state index in [2.05, 4.69) is 11.4 Å². The molecule has 5 nitrogen and oxygen atoms in total. The highest BCUT2D eigenvalue weighted by Crippen LogP contribution is 2.39. The van der Waals surface area contributed by atoms with E-state index >= 15 is 0 Å². The fourth-order valence-corrected chi connectivity index (χ4v) is 2.39. The Morgan fingerprint density at radius 2 is 1.74 bits per heavy atom. The molecule has 23 heavy (non-hydrogen) atoms. The molecule has 1 N–H and O–H groups in total. The molecule has 2 aromatic carbocycles. The van der Waals surface area contributed by atoms with Gasteiger partial charge >= 0.3 is 0 Å². The molecule has 2 rings (SSSR count). The zero-order chi connectivity index (χ0) is 16.7. The summed E-state index contributed by atoms with van der Waals surface area (Å²) < 4.78 is 16.1. The fraction of sp³-hybridized carbons (Fsp3) is 0.278. The summed E-state index contributed by atoms with van der Waals surface area (Å²) in [5.74, 6) is 1.88. The number of hydrogen-bond acceptors (Lipinski definition) is 5. The number of methoxy groups -OCH3 is 3. The van der Waals surface area contributed by atoms with Crippen molar-refractivity contribution in [3.05, 3.63) is 53.1 Å². The first-order valence-electron chi connectivity index (χ1n) is 7.21. The van der Waals surface area contributed by atoms with E-state index in [1.54, 1.807) is 27.4 Å². The van der Waals surface area contributed by atoms with Crippen LogP contribution in [-0.2, 0) is 13.1 Å². The molecule has 0 aliphatic rings. The third kappa shape index (κ3) is 3.93. The average molecular weight is 312 g/mol. The average Bonchev–Trinajstić information content (AvgIpc) is 2.61. The van der Waals surface area contributed by atoms with Gasteiger partial charge in [-0.15, -0.1) is 0 Å². The Bertz CT molecular complexity index is 708. The van der Waals surface area contributed by atoms with Crippen LogP contribution in [-0.4, -0.2) is 21.3 Å². The predicted molar refractivity (Wildman–Crippen MR) is 87.8 cm³/mol. The summed E-state index contributed by atoms with van der Waals surface area (Å²) in [5, 5.41) is 12.3. The van der Waals surface area contributed by atoms with Gasteiger partial charge in [0.25, 0.3) is 0 Å². The zero-order valence-corrected chi connectivity index (χ0v) is 13.6. The Morgan fingerprint density at radius 1 is 0.957 bits per heavy atom. The summed E-state index contributed by atoms with van der Waals surface area (Å²) in [4.78, 5) is 0. The highest BCUT2D eigenvalue weighted by molar-refractivity contribution is 5.55. The van der Waals surface area contributed by atoms with Crippen molar-refractivity contribution >= 4 is 0 Å². The molecule has 0 fully saturated rings. The summed E-state index contributed by atoms with van der Waals surface area (Å²) >= 11 is 0. The van der Waals surface area contributed by atoms with Crippen molar-refractivity contribution in [2.45, 2.75) is 13.1 Å². The second-order valence-electron chi connectivity index (χ2n) is 4.91. The maximum Gasteiger partial charge on any atom is 0.203 e. The summed E-state index contributed by atoms with van der Waals surface area (Å²) in [6, 6.07) is 13.5. The smallest absolute Gasteiger partial charge is 0.203 e. The molecule has 0 amide bonds. The van der Waals surface area contributed by atoms with Crippen LogP contribution in [0.4, 0.5) is 0 Å². The normalized spacial score (nSPS) is 10.0. The molecule has 5 heteroatoms. The lowest BCUT2D eigenvalue weighted by Gasteiger charge is -2.16. The minimum atomic E-state index is 0.584. The molecule has 0 unspecified atom stereocenters. The van der Waals surface area contributed by atoms with E-state index in [0.29, 0.717) is 35.9 Å². The molecule has 0 heterocycles. The van der Waals surface area contributed by atoms with Gasteiger partial charge in [0.1, 0.15) is 0 Å². The van der Waals surface area contributed by atoms with Crippen LogP contribution in [0.5, 0.6) is 17.2 Å². The molecule has 0 radical (unpaired) electrons. The van der Waals surface area contributed by atoms with Crippen molar-refractivity contribution in [3.63, 3.8) is 0 Å². The predicted octanol–water partition coefficient (Wildman–Crippen LogP) is 2.87. The monoisotopic (exact) mass is 312 g/mol. The Morgan fingerprint density at radius 3 is 2.39 bits per heavy atom. The first kappa shape index (κ1) is 16.7. The van der Waals surface area contributed by atoms with E-state index < -0.39 is 0 Å². The first-order valence-corrected chi connectivity index (χ1v) is 7.21. The van der Waals surface area contributed by atoms with Gasteiger partial charge in [0.2, 0.25) is 5.75 Å². The molecule has 0 aliphatic carbocycles. The topological polar surface area (TPSA) is 63.5 Å². The number of ether oxygens (including phenoxy) is 3. The van der Waals surface area contributed by atoms with Crippen molar-refractivity contribution < 1.29 is 14.2 Å². The van der Waals surface area contributed by atoms with Crippen LogP contribution in [0, 0.1) is 11.3 Å². The van der Waals surface area contributed by atoms with Crippen LogP contribution in [0.1, 0.15) is 16.7 Å². The summed E-state index contributed by atoms with van der Waals surface area (Å²) in [5.41, 5.74) is 2.69. The van der Waals surface area contributed by atoms with Crippen molar-refractivity contribution in [2.24, 2.45) is 0 Å². The van der Waals surface area contributed by atoms with E-state index in [1.165, 1.54) is 0 Å². The van der Waals surface area contributed by atoms with Crippen LogP contribution in [0.15, 0.2) is 36.4 Å². The fourth-order valence-electron chi connectivity index (χ4n) is 2.39. The molecule has 0 saturated carbocycles. The van der Waals surface area contributed by atoms with Gasteiger partial charge in [-0.25, -0.2) is 0 Å². The van der Waals surface area contributed by atoms with E-state index in [9.17, 15) is 0 Å². The standard InChI is InChI=1S/C18H20N2O3/c1-21-16-8-7-15(17(22-2)18(16)23-3)12-20-11-14-6-4-5-13(9-14)10-19/h4-9,20H,11-12H2,1-3H3. The molecular formula is C18H20N2O3. The van der Waals surface area contributed by atoms with Gasteiger partial charge in [0.15, 0.2) is 11.5 Å². The van der Waals surface area contributed by atoms with Crippen molar-refractivity contribution in [2.75, 3.05) is 21.3 Å². The molecule has 0 atom stereocenters. The van der Waals surface area contributed by atoms with Gasteiger partial charge in [-0.3, -0.25) is 0 Å². The molecule has 0 aliphatic heterocycles. The van der Waals surface area contributed by atoms with Gasteiger partial charge in [0, 0.05) is 18.7 Å². The van der Waals surface area contributed by atoms with Crippen LogP contribution in [0.2, 0.25) is 0 Å². The number of nitrogens with zero attached hydrogens (tertiary/aromatic N) is 1. The maximum absolute atomic E-state index is 8.93. The lowest BCUT2D eigenvalue weighted by Crippen LogP contribution is -2.14. The van der Waals surface area contributed by atoms with E-state index in [-0.39, 0.29) is 0 Å². The van der Waals surface area contributed by atoms with Crippen molar-refractivity contribution in [1.82, 2.24) is 5.32 Å². The van der Waals surface area contributed by atoms with E-state index in [4.69, 9.17) is 19.5 Å². The molecule has 0 saturated heterocycles. The summed E-state index contributed by atoms with van der Waals surface area (Å²) in [7, 11) is 4.79. The zero-order valence-electron chi connectivity index (χ0n) is 13.6. The van der Waals surface area contributed by atoms with Crippen LogP contribution >= 0.6 is 0 Å². The number of benzene rings is 2. The Hall–Kier alpha value is -2.71. The third-order valence-corrected chi connectivity index (χ3v) is 3.49. The highest BCUT2D eigenvalue weighted by Gasteiger charge is 2.15. The molecule has 0 bridgehead atoms. The second-order valence-corrected chi connectivity index (χ2v) is 4.91.